The van der Waals surface area contributed by atoms with Crippen LogP contribution in [0.5, 0.6) is 0 Å². The summed E-state index contributed by atoms with van der Waals surface area (Å²) >= 11 is 0. The summed E-state index contributed by atoms with van der Waals surface area (Å²) in [4.78, 5) is 18.3. The summed E-state index contributed by atoms with van der Waals surface area (Å²) in [6.45, 7) is 5.68. The van der Waals surface area contributed by atoms with Crippen molar-refractivity contribution in [1.29, 1.82) is 0 Å². The van der Waals surface area contributed by atoms with E-state index in [1.165, 1.54) is 6.39 Å². The van der Waals surface area contributed by atoms with Crippen LogP contribution in [-0.2, 0) is 0 Å². The molecule has 0 radical (unpaired) electrons. The summed E-state index contributed by atoms with van der Waals surface area (Å²) in [5, 5.41) is 3.44. The van der Waals surface area contributed by atoms with Gasteiger partial charge in [0.1, 0.15) is 5.76 Å². The number of aryl methyl sites for hydroxylation is 1. The number of nitrogens with one attached hydrogen (secondary N) is 1. The molecule has 2 aliphatic heterocycles. The molecular formula is C13H20ClN3O2. The zero-order valence-corrected chi connectivity index (χ0v) is 11.9. The van der Waals surface area contributed by atoms with Crippen LogP contribution in [0.15, 0.2) is 10.8 Å². The van der Waals surface area contributed by atoms with Crippen LogP contribution in [0.3, 0.4) is 0 Å². The molecule has 1 N–H and O–H groups in total. The molecule has 19 heavy (non-hydrogen) atoms. The predicted octanol–water partition coefficient (Wildman–Crippen LogP) is 1.48. The largest absolute Gasteiger partial charge is 0.448 e. The van der Waals surface area contributed by atoms with Crippen molar-refractivity contribution in [3.63, 3.8) is 0 Å². The standard InChI is InChI=1S/C13H19N3O2.ClH/c1-9-12(15-8-18-9)13(17)16-4-2-10-6-14-7-11(10)3-5-16;/h8,10-11,14H,2-7H2,1H3;1H/t10-,11+;. The van der Waals surface area contributed by atoms with Gasteiger partial charge < -0.3 is 14.6 Å². The summed E-state index contributed by atoms with van der Waals surface area (Å²) in [5.41, 5.74) is 0.472. The van der Waals surface area contributed by atoms with Crippen molar-refractivity contribution in [3.8, 4) is 0 Å². The topological polar surface area (TPSA) is 58.4 Å². The Morgan fingerprint density at radius 1 is 1.37 bits per heavy atom. The Morgan fingerprint density at radius 3 is 2.53 bits per heavy atom. The molecule has 1 amide bonds. The highest BCUT2D eigenvalue weighted by Gasteiger charge is 2.32. The Balaban J connectivity index is 0.00000133. The number of nitrogens with zero attached hydrogens (tertiary/aromatic N) is 2. The minimum absolute atomic E-state index is 0. The SMILES string of the molecule is Cc1ocnc1C(=O)N1CC[C@@H]2CNC[C@@H]2CC1.Cl. The van der Waals surface area contributed by atoms with Crippen LogP contribution >= 0.6 is 12.4 Å². The van der Waals surface area contributed by atoms with E-state index in [1.807, 2.05) is 4.90 Å². The number of hydrogen-bond donors (Lipinski definition) is 1. The highest BCUT2D eigenvalue weighted by molar-refractivity contribution is 5.93. The van der Waals surface area contributed by atoms with Crippen molar-refractivity contribution < 1.29 is 9.21 Å². The van der Waals surface area contributed by atoms with E-state index in [0.717, 1.165) is 50.9 Å². The molecule has 0 aromatic carbocycles. The van der Waals surface area contributed by atoms with E-state index < -0.39 is 0 Å². The Labute approximate surface area is 119 Å². The molecule has 1 aromatic rings. The van der Waals surface area contributed by atoms with E-state index in [4.69, 9.17) is 4.42 Å². The molecule has 6 heteroatoms. The number of hydrogen-bond acceptors (Lipinski definition) is 4. The summed E-state index contributed by atoms with van der Waals surface area (Å²) in [6, 6.07) is 0. The van der Waals surface area contributed by atoms with Gasteiger partial charge in [0.15, 0.2) is 12.1 Å². The number of oxazole rings is 1. The van der Waals surface area contributed by atoms with Crippen LogP contribution in [0, 0.1) is 18.8 Å². The zero-order chi connectivity index (χ0) is 12.5. The van der Waals surface area contributed by atoms with Gasteiger partial charge in [-0.05, 0) is 44.7 Å². The van der Waals surface area contributed by atoms with E-state index >= 15 is 0 Å². The molecule has 0 aliphatic carbocycles. The fourth-order valence-electron chi connectivity index (χ4n) is 3.08. The second kappa shape index (κ2) is 5.92. The Morgan fingerprint density at radius 2 is 2.00 bits per heavy atom. The predicted molar refractivity (Wildman–Crippen MR) is 73.5 cm³/mol. The van der Waals surface area contributed by atoms with Gasteiger partial charge in [0.05, 0.1) is 0 Å². The average molecular weight is 286 g/mol. The van der Waals surface area contributed by atoms with E-state index in [-0.39, 0.29) is 18.3 Å². The van der Waals surface area contributed by atoms with E-state index in [0.29, 0.717) is 11.5 Å². The van der Waals surface area contributed by atoms with Crippen LogP contribution in [0.25, 0.3) is 0 Å². The molecule has 2 saturated heterocycles. The van der Waals surface area contributed by atoms with Crippen LogP contribution in [0.1, 0.15) is 29.1 Å². The lowest BCUT2D eigenvalue weighted by atomic mass is 9.92. The summed E-state index contributed by atoms with van der Waals surface area (Å²) in [7, 11) is 0. The van der Waals surface area contributed by atoms with Gasteiger partial charge >= 0.3 is 0 Å². The number of halogens is 1. The molecule has 5 nitrogen and oxygen atoms in total. The van der Waals surface area contributed by atoms with Gasteiger partial charge in [-0.3, -0.25) is 4.79 Å². The first-order chi connectivity index (χ1) is 8.75. The number of likely N-dealkylation sites (tertiary alicyclic amines) is 1. The van der Waals surface area contributed by atoms with E-state index in [1.54, 1.807) is 6.92 Å². The van der Waals surface area contributed by atoms with Crippen LogP contribution in [-0.4, -0.2) is 42.0 Å². The molecular weight excluding hydrogens is 266 g/mol. The number of rotatable bonds is 1. The molecule has 3 rings (SSSR count). The quantitative estimate of drug-likeness (QED) is 0.849. The summed E-state index contributed by atoms with van der Waals surface area (Å²) in [5.74, 6) is 2.11. The van der Waals surface area contributed by atoms with Crippen molar-refractivity contribution in [1.82, 2.24) is 15.2 Å². The number of fused-ring (bicyclic) bond motifs is 1. The molecule has 106 valence electrons. The third kappa shape index (κ3) is 2.77. The fraction of sp³-hybridized carbons (Fsp3) is 0.692. The zero-order valence-electron chi connectivity index (χ0n) is 11.1. The monoisotopic (exact) mass is 285 g/mol. The first-order valence-electron chi connectivity index (χ1n) is 6.66. The number of amides is 1. The average Bonchev–Trinajstić information content (AvgIpc) is 2.94. The molecule has 0 saturated carbocycles. The van der Waals surface area contributed by atoms with Gasteiger partial charge in [-0.15, -0.1) is 12.4 Å². The minimum Gasteiger partial charge on any atom is -0.448 e. The maximum absolute atomic E-state index is 12.3. The van der Waals surface area contributed by atoms with Crippen LogP contribution in [0.2, 0.25) is 0 Å². The van der Waals surface area contributed by atoms with Crippen molar-refractivity contribution >= 4 is 18.3 Å². The number of carbonyl (C=O) groups is 1. The van der Waals surface area contributed by atoms with Crippen molar-refractivity contribution in [3.05, 3.63) is 17.8 Å². The fourth-order valence-corrected chi connectivity index (χ4v) is 3.08. The molecule has 2 fully saturated rings. The van der Waals surface area contributed by atoms with Gasteiger partial charge in [0.2, 0.25) is 0 Å². The Kier molecular flexibility index (Phi) is 4.47. The molecule has 3 heterocycles. The maximum atomic E-state index is 12.3. The van der Waals surface area contributed by atoms with Gasteiger partial charge in [0.25, 0.3) is 5.91 Å². The summed E-state index contributed by atoms with van der Waals surface area (Å²) in [6.07, 6.45) is 3.54. The lowest BCUT2D eigenvalue weighted by molar-refractivity contribution is 0.0751. The number of carbonyl (C=O) groups excluding carboxylic acids is 1. The molecule has 1 aromatic heterocycles. The van der Waals surface area contributed by atoms with Crippen molar-refractivity contribution in [2.75, 3.05) is 26.2 Å². The first-order valence-corrected chi connectivity index (χ1v) is 6.66. The molecule has 2 aliphatic rings. The van der Waals surface area contributed by atoms with Gasteiger partial charge in [-0.25, -0.2) is 4.98 Å². The first kappa shape index (κ1) is 14.3. The normalized spacial score (nSPS) is 26.5. The van der Waals surface area contributed by atoms with Crippen LogP contribution < -0.4 is 5.32 Å². The second-order valence-corrected chi connectivity index (χ2v) is 5.31. The number of aromatic nitrogens is 1. The molecule has 0 unspecified atom stereocenters. The van der Waals surface area contributed by atoms with E-state index in [2.05, 4.69) is 10.3 Å². The summed E-state index contributed by atoms with van der Waals surface area (Å²) < 4.78 is 5.11. The smallest absolute Gasteiger partial charge is 0.276 e. The highest BCUT2D eigenvalue weighted by atomic mass is 35.5. The lowest BCUT2D eigenvalue weighted by Gasteiger charge is -2.19. The van der Waals surface area contributed by atoms with Gasteiger partial charge in [0, 0.05) is 13.1 Å². The van der Waals surface area contributed by atoms with Crippen molar-refractivity contribution in [2.45, 2.75) is 19.8 Å². The van der Waals surface area contributed by atoms with E-state index in [9.17, 15) is 4.79 Å². The van der Waals surface area contributed by atoms with Gasteiger partial charge in [-0.2, -0.15) is 0 Å². The molecule has 2 atom stereocenters. The molecule has 0 bridgehead atoms. The Hall–Kier alpha value is -1.07. The Bertz CT molecular complexity index is 435. The molecule has 0 spiro atoms. The maximum Gasteiger partial charge on any atom is 0.276 e. The van der Waals surface area contributed by atoms with Crippen molar-refractivity contribution in [2.24, 2.45) is 11.8 Å². The van der Waals surface area contributed by atoms with Crippen LogP contribution in [0.4, 0.5) is 0 Å². The lowest BCUT2D eigenvalue weighted by Crippen LogP contribution is -2.33. The van der Waals surface area contributed by atoms with Gasteiger partial charge in [-0.1, -0.05) is 0 Å². The second-order valence-electron chi connectivity index (χ2n) is 5.31. The third-order valence-corrected chi connectivity index (χ3v) is 4.25. The minimum atomic E-state index is 0. The highest BCUT2D eigenvalue weighted by Crippen LogP contribution is 2.27. The third-order valence-electron chi connectivity index (χ3n) is 4.25.